The molecular weight excluding hydrogens is 232 g/mol. The van der Waals surface area contributed by atoms with E-state index in [1.54, 1.807) is 0 Å². The Morgan fingerprint density at radius 2 is 1.79 bits per heavy atom. The fourth-order valence-electron chi connectivity index (χ4n) is 2.20. The highest BCUT2D eigenvalue weighted by atomic mass is 15.2. The summed E-state index contributed by atoms with van der Waals surface area (Å²) in [5.74, 6) is 0.637. The summed E-state index contributed by atoms with van der Waals surface area (Å²) in [5, 5.41) is 0. The molecule has 0 aliphatic heterocycles. The molecule has 0 N–H and O–H groups in total. The molecule has 0 spiro atoms. The van der Waals surface area contributed by atoms with Gasteiger partial charge in [0.05, 0.1) is 0 Å². The van der Waals surface area contributed by atoms with Crippen molar-refractivity contribution in [1.82, 2.24) is 4.90 Å². The first-order chi connectivity index (χ1) is 8.91. The van der Waals surface area contributed by atoms with Crippen LogP contribution in [-0.2, 0) is 0 Å². The number of anilines is 1. The molecule has 1 rings (SSSR count). The minimum absolute atomic E-state index is 0.637. The van der Waals surface area contributed by atoms with Gasteiger partial charge < -0.3 is 9.80 Å². The van der Waals surface area contributed by atoms with Crippen LogP contribution in [0.2, 0.25) is 0 Å². The van der Waals surface area contributed by atoms with Gasteiger partial charge in [0.2, 0.25) is 0 Å². The minimum Gasteiger partial charge on any atom is -0.344 e. The van der Waals surface area contributed by atoms with Gasteiger partial charge in [-0.25, -0.2) is 0 Å². The van der Waals surface area contributed by atoms with Gasteiger partial charge in [0.15, 0.2) is 0 Å². The molecule has 2 heteroatoms. The number of hydrogen-bond donors (Lipinski definition) is 0. The highest BCUT2D eigenvalue weighted by Gasteiger charge is 2.13. The van der Waals surface area contributed by atoms with E-state index in [4.69, 9.17) is 0 Å². The number of allylic oxidation sites excluding steroid dienone is 1. The third kappa shape index (κ3) is 5.07. The molecule has 0 amide bonds. The summed E-state index contributed by atoms with van der Waals surface area (Å²) in [6, 6.07) is 8.55. The van der Waals surface area contributed by atoms with Crippen LogP contribution < -0.4 is 4.90 Å². The molecule has 19 heavy (non-hydrogen) atoms. The fourth-order valence-corrected chi connectivity index (χ4v) is 2.20. The van der Waals surface area contributed by atoms with Crippen molar-refractivity contribution in [3.05, 3.63) is 42.1 Å². The van der Waals surface area contributed by atoms with Crippen LogP contribution in [0.25, 0.3) is 0 Å². The Morgan fingerprint density at radius 3 is 2.32 bits per heavy atom. The van der Waals surface area contributed by atoms with Gasteiger partial charge in [-0.3, -0.25) is 0 Å². The Balaban J connectivity index is 2.92. The molecule has 0 aliphatic rings. The lowest BCUT2D eigenvalue weighted by Gasteiger charge is -2.30. The average molecular weight is 260 g/mol. The van der Waals surface area contributed by atoms with Crippen molar-refractivity contribution in [3.8, 4) is 0 Å². The minimum atomic E-state index is 0.637. The standard InChI is InChI=1S/C17H28N2/c1-14(2)13-16(4)19(12-11-18(5)6)17-10-8-7-9-15(17)3/h7-10,14H,4,11-13H2,1-3,5-6H3. The maximum absolute atomic E-state index is 4.30. The van der Waals surface area contributed by atoms with E-state index in [0.717, 1.165) is 19.5 Å². The topological polar surface area (TPSA) is 6.48 Å². The van der Waals surface area contributed by atoms with Gasteiger partial charge in [0, 0.05) is 24.5 Å². The molecule has 0 aromatic heterocycles. The van der Waals surface area contributed by atoms with E-state index < -0.39 is 0 Å². The molecule has 106 valence electrons. The van der Waals surface area contributed by atoms with Gasteiger partial charge in [-0.05, 0) is 45.0 Å². The molecule has 0 unspecified atom stereocenters. The Kier molecular flexibility index (Phi) is 6.10. The number of aryl methyl sites for hydroxylation is 1. The number of para-hydroxylation sites is 1. The normalized spacial score (nSPS) is 11.1. The van der Waals surface area contributed by atoms with Crippen LogP contribution in [0.3, 0.4) is 0 Å². The number of likely N-dealkylation sites (N-methyl/N-ethyl adjacent to an activating group) is 1. The van der Waals surface area contributed by atoms with Gasteiger partial charge >= 0.3 is 0 Å². The van der Waals surface area contributed by atoms with Crippen LogP contribution in [0.15, 0.2) is 36.5 Å². The summed E-state index contributed by atoms with van der Waals surface area (Å²) in [6.07, 6.45) is 1.04. The summed E-state index contributed by atoms with van der Waals surface area (Å²) in [6.45, 7) is 13.0. The molecule has 0 radical (unpaired) electrons. The first-order valence-electron chi connectivity index (χ1n) is 7.07. The third-order valence-corrected chi connectivity index (χ3v) is 3.20. The summed E-state index contributed by atoms with van der Waals surface area (Å²) >= 11 is 0. The van der Waals surface area contributed by atoms with Crippen LogP contribution in [0.1, 0.15) is 25.8 Å². The highest BCUT2D eigenvalue weighted by Crippen LogP contribution is 2.25. The Hall–Kier alpha value is -1.28. The van der Waals surface area contributed by atoms with Gasteiger partial charge in [-0.1, -0.05) is 38.6 Å². The predicted molar refractivity (Wildman–Crippen MR) is 85.7 cm³/mol. The average Bonchev–Trinajstić information content (AvgIpc) is 2.30. The number of nitrogens with zero attached hydrogens (tertiary/aromatic N) is 2. The Bertz CT molecular complexity index is 407. The lowest BCUT2D eigenvalue weighted by Crippen LogP contribution is -2.31. The summed E-state index contributed by atoms with van der Waals surface area (Å²) in [7, 11) is 4.22. The number of hydrogen-bond acceptors (Lipinski definition) is 2. The predicted octanol–water partition coefficient (Wildman–Crippen LogP) is 3.92. The van der Waals surface area contributed by atoms with Crippen molar-refractivity contribution in [1.29, 1.82) is 0 Å². The van der Waals surface area contributed by atoms with Crippen LogP contribution in [-0.4, -0.2) is 32.1 Å². The summed E-state index contributed by atoms with van der Waals surface area (Å²) < 4.78 is 0. The zero-order valence-corrected chi connectivity index (χ0v) is 13.1. The maximum Gasteiger partial charge on any atom is 0.0438 e. The zero-order chi connectivity index (χ0) is 14.4. The molecular formula is C17H28N2. The van der Waals surface area contributed by atoms with Crippen LogP contribution in [0, 0.1) is 12.8 Å². The highest BCUT2D eigenvalue weighted by molar-refractivity contribution is 5.57. The maximum atomic E-state index is 4.30. The third-order valence-electron chi connectivity index (χ3n) is 3.20. The van der Waals surface area contributed by atoms with Gasteiger partial charge in [0.25, 0.3) is 0 Å². The molecule has 0 heterocycles. The lowest BCUT2D eigenvalue weighted by molar-refractivity contribution is 0.415. The van der Waals surface area contributed by atoms with Crippen molar-refractivity contribution in [2.45, 2.75) is 27.2 Å². The largest absolute Gasteiger partial charge is 0.344 e. The number of benzene rings is 1. The van der Waals surface area contributed by atoms with E-state index in [0.29, 0.717) is 5.92 Å². The van der Waals surface area contributed by atoms with Gasteiger partial charge in [-0.2, -0.15) is 0 Å². The monoisotopic (exact) mass is 260 g/mol. The molecule has 0 saturated heterocycles. The fraction of sp³-hybridized carbons (Fsp3) is 0.529. The van der Waals surface area contributed by atoms with Crippen molar-refractivity contribution >= 4 is 5.69 Å². The molecule has 1 aromatic carbocycles. The van der Waals surface area contributed by atoms with E-state index in [9.17, 15) is 0 Å². The van der Waals surface area contributed by atoms with Crippen molar-refractivity contribution in [3.63, 3.8) is 0 Å². The molecule has 0 fully saturated rings. The molecule has 0 atom stereocenters. The van der Waals surface area contributed by atoms with Crippen LogP contribution in [0.5, 0.6) is 0 Å². The van der Waals surface area contributed by atoms with Crippen LogP contribution in [0.4, 0.5) is 5.69 Å². The van der Waals surface area contributed by atoms with E-state index in [-0.39, 0.29) is 0 Å². The Morgan fingerprint density at radius 1 is 1.16 bits per heavy atom. The quantitative estimate of drug-likeness (QED) is 0.733. The van der Waals surface area contributed by atoms with Crippen molar-refractivity contribution in [2.24, 2.45) is 5.92 Å². The SMILES string of the molecule is C=C(CC(C)C)N(CCN(C)C)c1ccccc1C. The van der Waals surface area contributed by atoms with Crippen molar-refractivity contribution < 1.29 is 0 Å². The second-order valence-electron chi connectivity index (χ2n) is 5.91. The molecule has 1 aromatic rings. The first-order valence-corrected chi connectivity index (χ1v) is 7.07. The second-order valence-corrected chi connectivity index (χ2v) is 5.91. The van der Waals surface area contributed by atoms with E-state index in [1.807, 2.05) is 0 Å². The summed E-state index contributed by atoms with van der Waals surface area (Å²) in [4.78, 5) is 4.59. The molecule has 2 nitrogen and oxygen atoms in total. The van der Waals surface area contributed by atoms with Gasteiger partial charge in [0.1, 0.15) is 0 Å². The molecule has 0 bridgehead atoms. The van der Waals surface area contributed by atoms with E-state index >= 15 is 0 Å². The van der Waals surface area contributed by atoms with Gasteiger partial charge in [-0.15, -0.1) is 0 Å². The first kappa shape index (κ1) is 15.8. The van der Waals surface area contributed by atoms with Crippen LogP contribution >= 0.6 is 0 Å². The smallest absolute Gasteiger partial charge is 0.0438 e. The zero-order valence-electron chi connectivity index (χ0n) is 13.1. The summed E-state index contributed by atoms with van der Waals surface area (Å²) in [5.41, 5.74) is 3.81. The van der Waals surface area contributed by atoms with Crippen molar-refractivity contribution in [2.75, 3.05) is 32.1 Å². The Labute approximate surface area is 118 Å². The van der Waals surface area contributed by atoms with E-state index in [2.05, 4.69) is 75.5 Å². The van der Waals surface area contributed by atoms with E-state index in [1.165, 1.54) is 16.9 Å². The number of rotatable bonds is 7. The lowest BCUT2D eigenvalue weighted by atomic mass is 10.1. The molecule has 0 aliphatic carbocycles. The second kappa shape index (κ2) is 7.34. The molecule has 0 saturated carbocycles.